The van der Waals surface area contributed by atoms with Gasteiger partial charge in [0, 0.05) is 5.69 Å². The second-order valence-corrected chi connectivity index (χ2v) is 5.91. The Morgan fingerprint density at radius 1 is 1.07 bits per heavy atom. The molecule has 1 aliphatic heterocycles. The van der Waals surface area contributed by atoms with Crippen LogP contribution in [-0.2, 0) is 14.4 Å². The van der Waals surface area contributed by atoms with E-state index in [1.54, 1.807) is 55.6 Å². The lowest BCUT2D eigenvalue weighted by molar-refractivity contribution is -0.128. The number of benzene rings is 2. The van der Waals surface area contributed by atoms with E-state index in [0.29, 0.717) is 17.2 Å². The van der Waals surface area contributed by atoms with Gasteiger partial charge in [0.1, 0.15) is 18.0 Å². The lowest BCUT2D eigenvalue weighted by Gasteiger charge is -2.28. The number of fused-ring (bicyclic) bond motifs is 1. The molecule has 0 radical (unpaired) electrons. The Balaban J connectivity index is 1.46. The first-order valence-electron chi connectivity index (χ1n) is 8.54. The van der Waals surface area contributed by atoms with Crippen molar-refractivity contribution in [1.82, 2.24) is 10.9 Å². The largest absolute Gasteiger partial charge is 0.497 e. The van der Waals surface area contributed by atoms with Crippen LogP contribution in [0.5, 0.6) is 11.5 Å². The molecule has 0 saturated carbocycles. The molecule has 3 amide bonds. The van der Waals surface area contributed by atoms with E-state index in [4.69, 9.17) is 9.47 Å². The zero-order valence-corrected chi connectivity index (χ0v) is 15.2. The SMILES string of the molecule is COc1ccc(NCC(=O)NNC(=O)CN2C(=O)COc3ccccc32)cc1. The maximum atomic E-state index is 12.1. The van der Waals surface area contributed by atoms with Crippen molar-refractivity contribution in [3.63, 3.8) is 0 Å². The zero-order chi connectivity index (χ0) is 19.9. The first-order chi connectivity index (χ1) is 13.6. The molecule has 2 aromatic carbocycles. The van der Waals surface area contributed by atoms with Crippen LogP contribution >= 0.6 is 0 Å². The molecule has 0 saturated heterocycles. The van der Waals surface area contributed by atoms with Gasteiger partial charge in [-0.3, -0.25) is 30.1 Å². The topological polar surface area (TPSA) is 109 Å². The van der Waals surface area contributed by atoms with Gasteiger partial charge in [-0.25, -0.2) is 0 Å². The highest BCUT2D eigenvalue weighted by atomic mass is 16.5. The molecular formula is C19H20N4O5. The fraction of sp³-hybridized carbons (Fsp3) is 0.211. The summed E-state index contributed by atoms with van der Waals surface area (Å²) in [5, 5.41) is 2.92. The molecule has 0 aliphatic carbocycles. The zero-order valence-electron chi connectivity index (χ0n) is 15.2. The van der Waals surface area contributed by atoms with Gasteiger partial charge < -0.3 is 14.8 Å². The maximum absolute atomic E-state index is 12.1. The van der Waals surface area contributed by atoms with Crippen LogP contribution in [0.1, 0.15) is 0 Å². The van der Waals surface area contributed by atoms with Gasteiger partial charge in [-0.05, 0) is 36.4 Å². The molecule has 9 heteroatoms. The first-order valence-corrected chi connectivity index (χ1v) is 8.54. The summed E-state index contributed by atoms with van der Waals surface area (Å²) in [6, 6.07) is 14.0. The molecule has 3 rings (SSSR count). The summed E-state index contributed by atoms with van der Waals surface area (Å²) in [6.07, 6.45) is 0. The molecule has 3 N–H and O–H groups in total. The van der Waals surface area contributed by atoms with E-state index in [2.05, 4.69) is 16.2 Å². The van der Waals surface area contributed by atoms with Crippen molar-refractivity contribution in [3.8, 4) is 11.5 Å². The number of nitrogens with one attached hydrogen (secondary N) is 3. The number of hydrogen-bond acceptors (Lipinski definition) is 6. The molecule has 0 aromatic heterocycles. The minimum Gasteiger partial charge on any atom is -0.497 e. The summed E-state index contributed by atoms with van der Waals surface area (Å²) in [7, 11) is 1.57. The van der Waals surface area contributed by atoms with Gasteiger partial charge in [0.2, 0.25) is 0 Å². The van der Waals surface area contributed by atoms with Crippen molar-refractivity contribution in [3.05, 3.63) is 48.5 Å². The average molecular weight is 384 g/mol. The Morgan fingerprint density at radius 3 is 2.54 bits per heavy atom. The molecule has 1 aliphatic rings. The summed E-state index contributed by atoms with van der Waals surface area (Å²) in [5.41, 5.74) is 5.86. The molecule has 0 fully saturated rings. The summed E-state index contributed by atoms with van der Waals surface area (Å²) >= 11 is 0. The number of para-hydroxylation sites is 2. The van der Waals surface area contributed by atoms with Crippen LogP contribution in [0.25, 0.3) is 0 Å². The summed E-state index contributed by atoms with van der Waals surface area (Å²) in [5.74, 6) is -0.0498. The molecular weight excluding hydrogens is 364 g/mol. The van der Waals surface area contributed by atoms with E-state index in [1.165, 1.54) is 4.90 Å². The molecule has 0 unspecified atom stereocenters. The van der Waals surface area contributed by atoms with Crippen LogP contribution in [0.3, 0.4) is 0 Å². The number of hydrogen-bond donors (Lipinski definition) is 3. The van der Waals surface area contributed by atoms with Crippen molar-refractivity contribution in [2.45, 2.75) is 0 Å². The molecule has 146 valence electrons. The third-order valence-electron chi connectivity index (χ3n) is 3.99. The molecule has 0 atom stereocenters. The molecule has 0 bridgehead atoms. The van der Waals surface area contributed by atoms with E-state index in [-0.39, 0.29) is 25.6 Å². The van der Waals surface area contributed by atoms with Crippen LogP contribution in [0, 0.1) is 0 Å². The van der Waals surface area contributed by atoms with Gasteiger partial charge in [-0.2, -0.15) is 0 Å². The predicted molar refractivity (Wildman–Crippen MR) is 102 cm³/mol. The fourth-order valence-corrected chi connectivity index (χ4v) is 2.59. The van der Waals surface area contributed by atoms with E-state index in [1.807, 2.05) is 0 Å². The van der Waals surface area contributed by atoms with Crippen molar-refractivity contribution in [2.24, 2.45) is 0 Å². The van der Waals surface area contributed by atoms with E-state index >= 15 is 0 Å². The number of carbonyl (C=O) groups excluding carboxylic acids is 3. The molecule has 9 nitrogen and oxygen atoms in total. The Labute approximate surface area is 161 Å². The predicted octanol–water partition coefficient (Wildman–Crippen LogP) is 0.680. The number of hydrazine groups is 1. The van der Waals surface area contributed by atoms with Crippen molar-refractivity contribution >= 4 is 29.1 Å². The Bertz CT molecular complexity index is 869. The second-order valence-electron chi connectivity index (χ2n) is 5.91. The number of amides is 3. The van der Waals surface area contributed by atoms with Crippen LogP contribution in [0.4, 0.5) is 11.4 Å². The van der Waals surface area contributed by atoms with Gasteiger partial charge in [0.25, 0.3) is 17.7 Å². The number of anilines is 2. The van der Waals surface area contributed by atoms with Crippen LogP contribution in [0.15, 0.2) is 48.5 Å². The van der Waals surface area contributed by atoms with Gasteiger partial charge in [-0.1, -0.05) is 12.1 Å². The van der Waals surface area contributed by atoms with Gasteiger partial charge in [0.05, 0.1) is 19.3 Å². The highest BCUT2D eigenvalue weighted by molar-refractivity contribution is 6.02. The molecule has 2 aromatic rings. The summed E-state index contributed by atoms with van der Waals surface area (Å²) < 4.78 is 10.4. The number of methoxy groups -OCH3 is 1. The van der Waals surface area contributed by atoms with E-state index in [9.17, 15) is 14.4 Å². The highest BCUT2D eigenvalue weighted by Crippen LogP contribution is 2.31. The highest BCUT2D eigenvalue weighted by Gasteiger charge is 2.26. The lowest BCUT2D eigenvalue weighted by Crippen LogP contribution is -2.50. The van der Waals surface area contributed by atoms with Crippen molar-refractivity contribution < 1.29 is 23.9 Å². The standard InChI is InChI=1S/C19H20N4O5/c1-27-14-8-6-13(7-9-14)20-10-17(24)21-22-18(25)11-23-15-4-2-3-5-16(15)28-12-19(23)26/h2-9,20H,10-12H2,1H3,(H,21,24)(H,22,25). The number of rotatable bonds is 6. The number of ether oxygens (including phenoxy) is 2. The van der Waals surface area contributed by atoms with Crippen LogP contribution in [-0.4, -0.2) is 44.5 Å². The monoisotopic (exact) mass is 384 g/mol. The minimum absolute atomic E-state index is 0.0358. The minimum atomic E-state index is -0.525. The summed E-state index contributed by atoms with van der Waals surface area (Å²) in [6.45, 7) is -0.403. The number of carbonyl (C=O) groups is 3. The molecule has 0 spiro atoms. The van der Waals surface area contributed by atoms with Gasteiger partial charge in [-0.15, -0.1) is 0 Å². The van der Waals surface area contributed by atoms with Crippen LogP contribution < -0.4 is 30.5 Å². The molecule has 1 heterocycles. The third-order valence-corrected chi connectivity index (χ3v) is 3.99. The summed E-state index contributed by atoms with van der Waals surface area (Å²) in [4.78, 5) is 37.4. The fourth-order valence-electron chi connectivity index (χ4n) is 2.59. The van der Waals surface area contributed by atoms with E-state index < -0.39 is 11.8 Å². The first kappa shape index (κ1) is 19.0. The second kappa shape index (κ2) is 8.76. The third kappa shape index (κ3) is 4.70. The maximum Gasteiger partial charge on any atom is 0.265 e. The van der Waals surface area contributed by atoms with Crippen molar-refractivity contribution in [2.75, 3.05) is 37.0 Å². The Hall–Kier alpha value is -3.75. The average Bonchev–Trinajstić information content (AvgIpc) is 2.73. The van der Waals surface area contributed by atoms with Crippen molar-refractivity contribution in [1.29, 1.82) is 0 Å². The van der Waals surface area contributed by atoms with Crippen LogP contribution in [0.2, 0.25) is 0 Å². The normalized spacial score (nSPS) is 12.5. The smallest absolute Gasteiger partial charge is 0.265 e. The number of nitrogens with zero attached hydrogens (tertiary/aromatic N) is 1. The quantitative estimate of drug-likeness (QED) is 0.632. The lowest BCUT2D eigenvalue weighted by atomic mass is 10.2. The van der Waals surface area contributed by atoms with E-state index in [0.717, 1.165) is 5.69 Å². The Morgan fingerprint density at radius 2 is 1.79 bits per heavy atom. The molecule has 28 heavy (non-hydrogen) atoms. The van der Waals surface area contributed by atoms with Gasteiger partial charge in [0.15, 0.2) is 6.61 Å². The Kier molecular flexibility index (Phi) is 5.95. The van der Waals surface area contributed by atoms with Gasteiger partial charge >= 0.3 is 0 Å².